The van der Waals surface area contributed by atoms with E-state index in [2.05, 4.69) is 5.32 Å². The fraction of sp³-hybridized carbons (Fsp3) is 0.233. The molecule has 0 unspecified atom stereocenters. The van der Waals surface area contributed by atoms with Gasteiger partial charge in [-0.2, -0.15) is 13.2 Å². The molecular formula is C30H25ClF3N3O4. The van der Waals surface area contributed by atoms with Crippen molar-refractivity contribution in [3.05, 3.63) is 112 Å². The molecule has 0 spiro atoms. The SMILES string of the molecule is O=C(CN1C(=O)[C@@H](N2C(=O)OC[C@@H]2c2ccccc2)[C@H]1/C(Cl)=C/c1ccccc1)NCc1cccc(C(F)(F)F)c1. The maximum Gasteiger partial charge on any atom is 0.416 e. The Labute approximate surface area is 239 Å². The summed E-state index contributed by atoms with van der Waals surface area (Å²) in [5, 5.41) is 2.80. The summed E-state index contributed by atoms with van der Waals surface area (Å²) >= 11 is 6.76. The second-order valence-electron chi connectivity index (χ2n) is 9.68. The zero-order chi connectivity index (χ0) is 29.1. The highest BCUT2D eigenvalue weighted by Crippen LogP contribution is 2.40. The molecule has 2 aliphatic rings. The summed E-state index contributed by atoms with van der Waals surface area (Å²) in [5.74, 6) is -1.09. The van der Waals surface area contributed by atoms with Crippen molar-refractivity contribution in [2.75, 3.05) is 13.2 Å². The number of likely N-dealkylation sites (tertiary alicyclic amines) is 1. The van der Waals surface area contributed by atoms with Crippen LogP contribution in [-0.2, 0) is 27.0 Å². The third-order valence-corrected chi connectivity index (χ3v) is 7.34. The lowest BCUT2D eigenvalue weighted by Crippen LogP contribution is -2.72. The summed E-state index contributed by atoms with van der Waals surface area (Å²) in [7, 11) is 0. The minimum absolute atomic E-state index is 0.0524. The number of hydrogen-bond acceptors (Lipinski definition) is 4. The van der Waals surface area contributed by atoms with Gasteiger partial charge in [-0.3, -0.25) is 14.5 Å². The highest BCUT2D eigenvalue weighted by atomic mass is 35.5. The number of amides is 3. The van der Waals surface area contributed by atoms with Gasteiger partial charge in [0.15, 0.2) is 0 Å². The van der Waals surface area contributed by atoms with Crippen molar-refractivity contribution in [1.29, 1.82) is 0 Å². The van der Waals surface area contributed by atoms with Crippen molar-refractivity contribution in [2.45, 2.75) is 30.8 Å². The molecule has 0 radical (unpaired) electrons. The van der Waals surface area contributed by atoms with Crippen molar-refractivity contribution < 1.29 is 32.3 Å². The Kier molecular flexibility index (Phi) is 8.03. The van der Waals surface area contributed by atoms with Crippen LogP contribution in [0.25, 0.3) is 6.08 Å². The van der Waals surface area contributed by atoms with Crippen LogP contribution >= 0.6 is 11.6 Å². The van der Waals surface area contributed by atoms with E-state index in [0.717, 1.165) is 23.3 Å². The van der Waals surface area contributed by atoms with Gasteiger partial charge in [0.1, 0.15) is 19.2 Å². The maximum atomic E-state index is 13.5. The molecule has 0 aromatic heterocycles. The van der Waals surface area contributed by atoms with Gasteiger partial charge in [0.2, 0.25) is 11.8 Å². The van der Waals surface area contributed by atoms with Crippen LogP contribution in [0.1, 0.15) is 28.3 Å². The van der Waals surface area contributed by atoms with Crippen LogP contribution in [0.3, 0.4) is 0 Å². The highest BCUT2D eigenvalue weighted by Gasteiger charge is 2.57. The Morgan fingerprint density at radius 1 is 1.00 bits per heavy atom. The average Bonchev–Trinajstić information content (AvgIpc) is 3.34. The predicted molar refractivity (Wildman–Crippen MR) is 145 cm³/mol. The van der Waals surface area contributed by atoms with Gasteiger partial charge in [-0.05, 0) is 34.9 Å². The van der Waals surface area contributed by atoms with Gasteiger partial charge < -0.3 is 15.0 Å². The normalized spacial score (nSPS) is 21.0. The molecule has 3 aromatic carbocycles. The van der Waals surface area contributed by atoms with E-state index in [9.17, 15) is 27.6 Å². The summed E-state index contributed by atoms with van der Waals surface area (Å²) in [4.78, 5) is 41.8. The van der Waals surface area contributed by atoms with Crippen molar-refractivity contribution >= 4 is 35.6 Å². The number of nitrogens with zero attached hydrogens (tertiary/aromatic N) is 2. The fourth-order valence-electron chi connectivity index (χ4n) is 5.01. The summed E-state index contributed by atoms with van der Waals surface area (Å²) in [5.41, 5.74) is 0.969. The van der Waals surface area contributed by atoms with E-state index in [1.165, 1.54) is 21.9 Å². The van der Waals surface area contributed by atoms with Crippen LogP contribution in [0.4, 0.5) is 18.0 Å². The Morgan fingerprint density at radius 2 is 1.68 bits per heavy atom. The number of β-lactam (4-membered cyclic amide) rings is 1. The van der Waals surface area contributed by atoms with Gasteiger partial charge in [0, 0.05) is 11.6 Å². The standard InChI is InChI=1S/C30H25ClF3N3O4/c31-23(15-19-8-3-1-4-9-19)26-27(37-24(18-41-29(37)40)21-11-5-2-6-12-21)28(39)36(26)17-25(38)35-16-20-10-7-13-22(14-20)30(32,33)34/h1-15,24,26-27H,16-18H2,(H,35,38)/b23-15-/t24-,26-,27+/m1/s1. The van der Waals surface area contributed by atoms with Crippen molar-refractivity contribution in [2.24, 2.45) is 0 Å². The second kappa shape index (κ2) is 11.7. The summed E-state index contributed by atoms with van der Waals surface area (Å²) < 4.78 is 44.5. The van der Waals surface area contributed by atoms with Crippen molar-refractivity contribution in [3.8, 4) is 0 Å². The van der Waals surface area contributed by atoms with Gasteiger partial charge in [0.25, 0.3) is 0 Å². The number of nitrogens with one attached hydrogen (secondary N) is 1. The first-order valence-corrected chi connectivity index (χ1v) is 13.2. The molecule has 1 N–H and O–H groups in total. The van der Waals surface area contributed by atoms with Gasteiger partial charge in [-0.15, -0.1) is 0 Å². The zero-order valence-corrected chi connectivity index (χ0v) is 22.3. The molecule has 5 rings (SSSR count). The van der Waals surface area contributed by atoms with E-state index in [1.54, 1.807) is 6.08 Å². The molecule has 3 amide bonds. The molecule has 3 aromatic rings. The molecule has 2 heterocycles. The number of benzene rings is 3. The van der Waals surface area contributed by atoms with E-state index in [1.807, 2.05) is 60.7 Å². The van der Waals surface area contributed by atoms with E-state index >= 15 is 0 Å². The van der Waals surface area contributed by atoms with Gasteiger partial charge in [-0.1, -0.05) is 84.4 Å². The van der Waals surface area contributed by atoms with E-state index < -0.39 is 54.3 Å². The lowest BCUT2D eigenvalue weighted by molar-refractivity contribution is -0.157. The van der Waals surface area contributed by atoms with Crippen molar-refractivity contribution in [3.63, 3.8) is 0 Å². The first-order chi connectivity index (χ1) is 19.6. The largest absolute Gasteiger partial charge is 0.447 e. The number of ether oxygens (including phenoxy) is 1. The zero-order valence-electron chi connectivity index (χ0n) is 21.6. The Balaban J connectivity index is 1.37. The quantitative estimate of drug-likeness (QED) is 0.362. The topological polar surface area (TPSA) is 79.0 Å². The molecule has 2 saturated heterocycles. The van der Waals surface area contributed by atoms with E-state index in [4.69, 9.17) is 16.3 Å². The van der Waals surface area contributed by atoms with Gasteiger partial charge >= 0.3 is 12.3 Å². The van der Waals surface area contributed by atoms with E-state index in [-0.39, 0.29) is 23.7 Å². The molecule has 2 aliphatic heterocycles. The van der Waals surface area contributed by atoms with Gasteiger partial charge in [-0.25, -0.2) is 4.79 Å². The highest BCUT2D eigenvalue weighted by molar-refractivity contribution is 6.33. The Hall–Kier alpha value is -4.31. The van der Waals surface area contributed by atoms with Crippen LogP contribution in [0.2, 0.25) is 0 Å². The summed E-state index contributed by atoms with van der Waals surface area (Å²) in [6, 6.07) is 20.5. The van der Waals surface area contributed by atoms with Crippen molar-refractivity contribution in [1.82, 2.24) is 15.1 Å². The summed E-state index contributed by atoms with van der Waals surface area (Å²) in [6.45, 7) is -0.519. The van der Waals surface area contributed by atoms with Crippen LogP contribution < -0.4 is 5.32 Å². The third-order valence-electron chi connectivity index (χ3n) is 7.01. The minimum atomic E-state index is -4.51. The maximum absolute atomic E-state index is 13.5. The van der Waals surface area contributed by atoms with Gasteiger partial charge in [0.05, 0.1) is 17.6 Å². The summed E-state index contributed by atoms with van der Waals surface area (Å²) in [6.07, 6.45) is -3.51. The fourth-order valence-corrected chi connectivity index (χ4v) is 5.38. The molecule has 212 valence electrons. The Bertz CT molecular complexity index is 1470. The number of carbonyl (C=O) groups excluding carboxylic acids is 3. The van der Waals surface area contributed by atoms with Crippen LogP contribution in [0, 0.1) is 0 Å². The van der Waals surface area contributed by atoms with Crippen LogP contribution in [0.5, 0.6) is 0 Å². The monoisotopic (exact) mass is 583 g/mol. The van der Waals surface area contributed by atoms with Crippen LogP contribution in [0.15, 0.2) is 90.0 Å². The number of carbonyl (C=O) groups is 3. The lowest BCUT2D eigenvalue weighted by Gasteiger charge is -2.50. The minimum Gasteiger partial charge on any atom is -0.447 e. The molecule has 0 aliphatic carbocycles. The first kappa shape index (κ1) is 28.2. The molecule has 41 heavy (non-hydrogen) atoms. The molecule has 3 atom stereocenters. The number of hydrogen-bond donors (Lipinski definition) is 1. The molecular weight excluding hydrogens is 559 g/mol. The molecule has 7 nitrogen and oxygen atoms in total. The smallest absolute Gasteiger partial charge is 0.416 e. The molecule has 11 heteroatoms. The third kappa shape index (κ3) is 6.07. The predicted octanol–water partition coefficient (Wildman–Crippen LogP) is 5.37. The number of rotatable bonds is 8. The van der Waals surface area contributed by atoms with E-state index in [0.29, 0.717) is 0 Å². The number of alkyl halides is 3. The number of halogens is 4. The first-order valence-electron chi connectivity index (χ1n) is 12.8. The molecule has 2 fully saturated rings. The lowest BCUT2D eigenvalue weighted by atomic mass is 9.90. The van der Waals surface area contributed by atoms with Crippen LogP contribution in [-0.4, -0.2) is 52.9 Å². The molecule has 0 saturated carbocycles. The molecule has 0 bridgehead atoms. The Morgan fingerprint density at radius 3 is 2.37 bits per heavy atom. The second-order valence-corrected chi connectivity index (χ2v) is 10.1. The number of cyclic esters (lactones) is 1. The average molecular weight is 584 g/mol.